The molecule has 0 saturated carbocycles. The van der Waals surface area contributed by atoms with Crippen LogP contribution in [-0.2, 0) is 11.8 Å². The molecule has 3 N–H and O–H groups in total. The molecular formula is C21H19N5O3S. The second-order valence-corrected chi connectivity index (χ2v) is 8.13. The van der Waals surface area contributed by atoms with E-state index in [0.717, 1.165) is 11.1 Å². The van der Waals surface area contributed by atoms with Gasteiger partial charge in [-0.05, 0) is 12.1 Å². The van der Waals surface area contributed by atoms with Gasteiger partial charge in [0.1, 0.15) is 10.7 Å². The van der Waals surface area contributed by atoms with E-state index >= 15 is 0 Å². The summed E-state index contributed by atoms with van der Waals surface area (Å²) in [5.41, 5.74) is 6.21. The van der Waals surface area contributed by atoms with E-state index in [-0.39, 0.29) is 12.1 Å². The van der Waals surface area contributed by atoms with Crippen molar-refractivity contribution in [2.24, 2.45) is 12.8 Å². The Balaban J connectivity index is 1.69. The molecule has 8 nitrogen and oxygen atoms in total. The van der Waals surface area contributed by atoms with Crippen LogP contribution in [0.4, 0.5) is 0 Å². The number of likely N-dealkylation sites (N-methyl/N-ethyl adjacent to an activating group) is 1. The number of thiazole rings is 1. The number of benzene rings is 1. The number of hydrogen-bond acceptors (Lipinski definition) is 6. The first-order valence-electron chi connectivity index (χ1n) is 9.18. The van der Waals surface area contributed by atoms with Crippen LogP contribution in [0.2, 0.25) is 0 Å². The van der Waals surface area contributed by atoms with Crippen LogP contribution in [-0.4, -0.2) is 55.8 Å². The molecule has 1 fully saturated rings. The molecule has 3 heterocycles. The third-order valence-corrected chi connectivity index (χ3v) is 6.01. The van der Waals surface area contributed by atoms with Gasteiger partial charge in [-0.1, -0.05) is 24.0 Å². The van der Waals surface area contributed by atoms with E-state index in [0.29, 0.717) is 22.0 Å². The van der Waals surface area contributed by atoms with Crippen molar-refractivity contribution < 1.29 is 14.7 Å². The molecule has 1 atom stereocenters. The first-order chi connectivity index (χ1) is 14.3. The summed E-state index contributed by atoms with van der Waals surface area (Å²) in [6.07, 6.45) is 3.72. The molecule has 9 heteroatoms. The lowest BCUT2D eigenvalue weighted by molar-refractivity contribution is -0.137. The maximum absolute atomic E-state index is 12.1. The highest BCUT2D eigenvalue weighted by Crippen LogP contribution is 2.35. The Kier molecular flexibility index (Phi) is 4.89. The number of rotatable bonds is 3. The number of likely N-dealkylation sites (tertiary alicyclic amines) is 1. The highest BCUT2D eigenvalue weighted by Gasteiger charge is 2.42. The van der Waals surface area contributed by atoms with Crippen LogP contribution < -0.4 is 5.73 Å². The number of aryl methyl sites for hydroxylation is 1. The van der Waals surface area contributed by atoms with Gasteiger partial charge >= 0.3 is 0 Å². The zero-order chi connectivity index (χ0) is 21.5. The van der Waals surface area contributed by atoms with E-state index in [1.807, 2.05) is 6.07 Å². The van der Waals surface area contributed by atoms with Crippen LogP contribution in [0.1, 0.15) is 22.5 Å². The van der Waals surface area contributed by atoms with Crippen LogP contribution in [0.5, 0.6) is 0 Å². The van der Waals surface area contributed by atoms with E-state index in [1.165, 1.54) is 16.2 Å². The van der Waals surface area contributed by atoms with Crippen molar-refractivity contribution in [3.8, 4) is 32.9 Å². The average Bonchev–Trinajstić information content (AvgIpc) is 3.42. The van der Waals surface area contributed by atoms with E-state index in [4.69, 9.17) is 5.73 Å². The minimum atomic E-state index is -1.65. The summed E-state index contributed by atoms with van der Waals surface area (Å²) < 4.78 is 1.64. The molecule has 1 aliphatic heterocycles. The Morgan fingerprint density at radius 3 is 2.77 bits per heavy atom. The number of carbonyl (C=O) groups is 2. The molecule has 152 valence electrons. The monoisotopic (exact) mass is 421 g/mol. The normalized spacial score (nSPS) is 18.4. The molecule has 1 saturated heterocycles. The number of aliphatic hydroxyl groups is 1. The highest BCUT2D eigenvalue weighted by atomic mass is 32.1. The van der Waals surface area contributed by atoms with E-state index in [1.54, 1.807) is 49.4 Å². The molecule has 1 aromatic carbocycles. The van der Waals surface area contributed by atoms with Crippen molar-refractivity contribution in [3.05, 3.63) is 47.9 Å². The largest absolute Gasteiger partial charge is 0.369 e. The average molecular weight is 421 g/mol. The molecule has 3 aromatic rings. The maximum Gasteiger partial charge on any atom is 0.268 e. The summed E-state index contributed by atoms with van der Waals surface area (Å²) in [6.45, 7) is 0.468. The molecule has 1 aliphatic rings. The Hall–Kier alpha value is -3.48. The van der Waals surface area contributed by atoms with E-state index in [9.17, 15) is 14.7 Å². The second kappa shape index (κ2) is 7.40. The Bertz CT molecular complexity index is 1220. The van der Waals surface area contributed by atoms with Crippen molar-refractivity contribution in [3.63, 3.8) is 0 Å². The molecular weight excluding hydrogens is 402 g/mol. The summed E-state index contributed by atoms with van der Waals surface area (Å²) in [7, 11) is 3.43. The van der Waals surface area contributed by atoms with Gasteiger partial charge in [-0.15, -0.1) is 11.3 Å². The zero-order valence-corrected chi connectivity index (χ0v) is 17.2. The van der Waals surface area contributed by atoms with Crippen molar-refractivity contribution in [1.82, 2.24) is 19.7 Å². The first kappa shape index (κ1) is 19.8. The highest BCUT2D eigenvalue weighted by molar-refractivity contribution is 7.18. The molecule has 30 heavy (non-hydrogen) atoms. The van der Waals surface area contributed by atoms with Crippen LogP contribution in [0, 0.1) is 11.8 Å². The number of nitrogens with two attached hydrogens (primary N) is 1. The van der Waals surface area contributed by atoms with Crippen molar-refractivity contribution in [2.75, 3.05) is 13.6 Å². The van der Waals surface area contributed by atoms with Gasteiger partial charge in [0.05, 0.1) is 11.1 Å². The number of amides is 2. The number of nitrogens with zero attached hydrogens (tertiary/aromatic N) is 4. The van der Waals surface area contributed by atoms with Crippen LogP contribution >= 0.6 is 11.3 Å². The number of primary amides is 1. The van der Waals surface area contributed by atoms with Gasteiger partial charge in [0.2, 0.25) is 5.60 Å². The molecule has 0 spiro atoms. The fraction of sp³-hybridized carbons (Fsp3) is 0.238. The summed E-state index contributed by atoms with van der Waals surface area (Å²) in [5.74, 6) is 4.60. The number of carbonyl (C=O) groups excluding carboxylic acids is 2. The minimum Gasteiger partial charge on any atom is -0.369 e. The van der Waals surface area contributed by atoms with Gasteiger partial charge in [-0.2, -0.15) is 5.10 Å². The van der Waals surface area contributed by atoms with Crippen molar-refractivity contribution in [2.45, 2.75) is 12.0 Å². The van der Waals surface area contributed by atoms with Crippen LogP contribution in [0.25, 0.3) is 21.0 Å². The molecule has 2 amide bonds. The lowest BCUT2D eigenvalue weighted by atomic mass is 10.0. The maximum atomic E-state index is 12.1. The summed E-state index contributed by atoms with van der Waals surface area (Å²) in [4.78, 5) is 30.5. The summed E-state index contributed by atoms with van der Waals surface area (Å²) >= 11 is 1.34. The first-order valence-corrected chi connectivity index (χ1v) is 10.00. The molecule has 1 unspecified atom stereocenters. The number of aromatic nitrogens is 3. The molecule has 2 aromatic heterocycles. The van der Waals surface area contributed by atoms with Crippen LogP contribution in [0.15, 0.2) is 36.7 Å². The van der Waals surface area contributed by atoms with Gasteiger partial charge in [-0.25, -0.2) is 4.98 Å². The summed E-state index contributed by atoms with van der Waals surface area (Å²) in [6, 6.07) is 7.25. The molecule has 0 radical (unpaired) electrons. The zero-order valence-electron chi connectivity index (χ0n) is 16.4. The Morgan fingerprint density at radius 2 is 2.13 bits per heavy atom. The van der Waals surface area contributed by atoms with Crippen LogP contribution in [0.3, 0.4) is 0 Å². The van der Waals surface area contributed by atoms with Gasteiger partial charge in [0.15, 0.2) is 0 Å². The van der Waals surface area contributed by atoms with Crippen molar-refractivity contribution >= 4 is 23.2 Å². The predicted octanol–water partition coefficient (Wildman–Crippen LogP) is 1.25. The molecule has 0 aliphatic carbocycles. The van der Waals surface area contributed by atoms with Gasteiger partial charge in [-0.3, -0.25) is 14.3 Å². The van der Waals surface area contributed by atoms with Gasteiger partial charge in [0, 0.05) is 49.9 Å². The Labute approximate surface area is 177 Å². The van der Waals surface area contributed by atoms with E-state index < -0.39 is 17.4 Å². The topological polar surface area (TPSA) is 114 Å². The van der Waals surface area contributed by atoms with Crippen molar-refractivity contribution in [1.29, 1.82) is 0 Å². The SMILES string of the molecule is CN1CCC(O)(C#Cc2cccc(-c3nc(C(N)=O)c(-c4cnn(C)c4)s3)c2)C1=O. The Morgan fingerprint density at radius 1 is 1.33 bits per heavy atom. The minimum absolute atomic E-state index is 0.188. The standard InChI is InChI=1S/C21H19N5O3S/c1-25-9-8-21(29,20(25)28)7-6-13-4-3-5-14(10-13)19-24-16(18(22)27)17(30-19)15-11-23-26(2)12-15/h3-5,10-12,29H,8-9H2,1-2H3,(H2,22,27). The second-order valence-electron chi connectivity index (χ2n) is 7.13. The quantitative estimate of drug-likeness (QED) is 0.618. The fourth-order valence-electron chi connectivity index (χ4n) is 3.22. The van der Waals surface area contributed by atoms with Gasteiger partial charge in [0.25, 0.3) is 11.8 Å². The van der Waals surface area contributed by atoms with Gasteiger partial charge < -0.3 is 15.7 Å². The fourth-order valence-corrected chi connectivity index (χ4v) is 4.26. The smallest absolute Gasteiger partial charge is 0.268 e. The third-order valence-electron chi connectivity index (χ3n) is 4.86. The lowest BCUT2D eigenvalue weighted by Gasteiger charge is -2.13. The number of hydrogen-bond donors (Lipinski definition) is 2. The summed E-state index contributed by atoms with van der Waals surface area (Å²) in [5, 5.41) is 15.2. The third kappa shape index (κ3) is 3.58. The van der Waals surface area contributed by atoms with E-state index in [2.05, 4.69) is 21.9 Å². The molecule has 4 rings (SSSR count). The lowest BCUT2D eigenvalue weighted by Crippen LogP contribution is -2.37. The molecule has 0 bridgehead atoms. The predicted molar refractivity (Wildman–Crippen MR) is 112 cm³/mol.